The summed E-state index contributed by atoms with van der Waals surface area (Å²) in [6, 6.07) is 3.09. The molecule has 12 heavy (non-hydrogen) atoms. The van der Waals surface area contributed by atoms with Crippen molar-refractivity contribution in [1.82, 2.24) is 4.98 Å². The van der Waals surface area contributed by atoms with E-state index in [9.17, 15) is 4.79 Å². The Labute approximate surface area is 77.9 Å². The molecule has 66 valence electrons. The molecule has 5 heteroatoms. The Kier molecular flexibility index (Phi) is 2.88. The number of hydrogen-bond acceptors (Lipinski definition) is 2. The molecule has 0 saturated heterocycles. The van der Waals surface area contributed by atoms with Gasteiger partial charge in [-0.05, 0) is 28.1 Å². The number of hydrogen-bond donors (Lipinski definition) is 3. The minimum absolute atomic E-state index is 0.0625. The molecule has 1 atom stereocenters. The number of nitrogens with one attached hydrogen (secondary N) is 1. The zero-order chi connectivity index (χ0) is 9.14. The lowest BCUT2D eigenvalue weighted by Gasteiger charge is -2.05. The minimum atomic E-state index is -0.895. The van der Waals surface area contributed by atoms with Crippen LogP contribution in [0.15, 0.2) is 16.7 Å². The third-order valence-corrected chi connectivity index (χ3v) is 1.93. The van der Waals surface area contributed by atoms with E-state index >= 15 is 0 Å². The van der Waals surface area contributed by atoms with Gasteiger partial charge < -0.3 is 15.8 Å². The van der Waals surface area contributed by atoms with Gasteiger partial charge in [0, 0.05) is 5.69 Å². The van der Waals surface area contributed by atoms with Gasteiger partial charge in [-0.1, -0.05) is 0 Å². The van der Waals surface area contributed by atoms with Crippen molar-refractivity contribution < 1.29 is 9.90 Å². The standard InChI is InChI=1S/C7H9BrN2O2/c8-6-2-1-5(10-6)4(9)3-7(11)12/h1-2,4,10H,3,9H2,(H,11,12)/t4-/m1/s1. The van der Waals surface area contributed by atoms with E-state index in [0.29, 0.717) is 0 Å². The van der Waals surface area contributed by atoms with E-state index < -0.39 is 12.0 Å². The maximum Gasteiger partial charge on any atom is 0.305 e. The minimum Gasteiger partial charge on any atom is -0.481 e. The molecular formula is C7H9BrN2O2. The maximum absolute atomic E-state index is 10.3. The van der Waals surface area contributed by atoms with Crippen molar-refractivity contribution >= 4 is 21.9 Å². The molecule has 1 heterocycles. The number of carbonyl (C=O) groups is 1. The molecule has 0 aliphatic carbocycles. The van der Waals surface area contributed by atoms with E-state index in [1.54, 1.807) is 12.1 Å². The number of H-pyrrole nitrogens is 1. The lowest BCUT2D eigenvalue weighted by Crippen LogP contribution is -2.15. The van der Waals surface area contributed by atoms with Gasteiger partial charge in [0.25, 0.3) is 0 Å². The highest BCUT2D eigenvalue weighted by Crippen LogP contribution is 2.16. The molecule has 1 aromatic rings. The third-order valence-electron chi connectivity index (χ3n) is 1.47. The highest BCUT2D eigenvalue weighted by atomic mass is 79.9. The Hall–Kier alpha value is -0.810. The van der Waals surface area contributed by atoms with Crippen LogP contribution in [0.3, 0.4) is 0 Å². The summed E-state index contributed by atoms with van der Waals surface area (Å²) in [7, 11) is 0. The summed E-state index contributed by atoms with van der Waals surface area (Å²) < 4.78 is 0.804. The van der Waals surface area contributed by atoms with Crippen molar-refractivity contribution in [2.75, 3.05) is 0 Å². The number of rotatable bonds is 3. The van der Waals surface area contributed by atoms with Gasteiger partial charge in [0.1, 0.15) is 0 Å². The fourth-order valence-electron chi connectivity index (χ4n) is 0.899. The van der Waals surface area contributed by atoms with E-state index in [0.717, 1.165) is 10.3 Å². The molecule has 0 aliphatic heterocycles. The van der Waals surface area contributed by atoms with Crippen molar-refractivity contribution in [2.24, 2.45) is 5.73 Å². The van der Waals surface area contributed by atoms with Gasteiger partial charge in [0.2, 0.25) is 0 Å². The van der Waals surface area contributed by atoms with Crippen LogP contribution in [-0.4, -0.2) is 16.1 Å². The summed E-state index contributed by atoms with van der Waals surface area (Å²) in [4.78, 5) is 13.2. The Morgan fingerprint density at radius 2 is 2.42 bits per heavy atom. The molecule has 0 spiro atoms. The van der Waals surface area contributed by atoms with Gasteiger partial charge in [-0.15, -0.1) is 0 Å². The van der Waals surface area contributed by atoms with Crippen LogP contribution in [0, 0.1) is 0 Å². The zero-order valence-electron chi connectivity index (χ0n) is 6.25. The quantitative estimate of drug-likeness (QED) is 0.735. The van der Waals surface area contributed by atoms with Crippen molar-refractivity contribution in [3.8, 4) is 0 Å². The molecule has 1 aromatic heterocycles. The van der Waals surface area contributed by atoms with Gasteiger partial charge in [0.15, 0.2) is 0 Å². The molecule has 0 fully saturated rings. The largest absolute Gasteiger partial charge is 0.481 e. The molecule has 4 nitrogen and oxygen atoms in total. The summed E-state index contributed by atoms with van der Waals surface area (Å²) in [5.74, 6) is -0.895. The normalized spacial score (nSPS) is 12.8. The molecule has 1 rings (SSSR count). The van der Waals surface area contributed by atoms with E-state index in [4.69, 9.17) is 10.8 Å². The number of aliphatic carboxylic acids is 1. The van der Waals surface area contributed by atoms with Gasteiger partial charge in [-0.2, -0.15) is 0 Å². The van der Waals surface area contributed by atoms with Gasteiger partial charge >= 0.3 is 5.97 Å². The van der Waals surface area contributed by atoms with Crippen molar-refractivity contribution in [3.63, 3.8) is 0 Å². The second kappa shape index (κ2) is 3.73. The Morgan fingerprint density at radius 3 is 2.83 bits per heavy atom. The highest BCUT2D eigenvalue weighted by Gasteiger charge is 2.11. The predicted molar refractivity (Wildman–Crippen MR) is 47.7 cm³/mol. The Bertz CT molecular complexity index is 285. The Balaban J connectivity index is 2.64. The number of carboxylic acids is 1. The fourth-order valence-corrected chi connectivity index (χ4v) is 1.26. The molecule has 0 bridgehead atoms. The van der Waals surface area contributed by atoms with Crippen LogP contribution in [-0.2, 0) is 4.79 Å². The highest BCUT2D eigenvalue weighted by molar-refractivity contribution is 9.10. The topological polar surface area (TPSA) is 79.1 Å². The second-order valence-corrected chi connectivity index (χ2v) is 3.32. The van der Waals surface area contributed by atoms with Crippen molar-refractivity contribution in [1.29, 1.82) is 0 Å². The van der Waals surface area contributed by atoms with Crippen molar-refractivity contribution in [3.05, 3.63) is 22.4 Å². The lowest BCUT2D eigenvalue weighted by atomic mass is 10.1. The monoisotopic (exact) mass is 232 g/mol. The van der Waals surface area contributed by atoms with Crippen LogP contribution in [0.25, 0.3) is 0 Å². The molecule has 0 saturated carbocycles. The zero-order valence-corrected chi connectivity index (χ0v) is 7.84. The molecular weight excluding hydrogens is 224 g/mol. The van der Waals surface area contributed by atoms with Crippen LogP contribution in [0.4, 0.5) is 0 Å². The molecule has 0 unspecified atom stereocenters. The van der Waals surface area contributed by atoms with E-state index in [-0.39, 0.29) is 6.42 Å². The maximum atomic E-state index is 10.3. The molecule has 0 aromatic carbocycles. The van der Waals surface area contributed by atoms with E-state index in [1.807, 2.05) is 0 Å². The van der Waals surface area contributed by atoms with Crippen LogP contribution >= 0.6 is 15.9 Å². The van der Waals surface area contributed by atoms with Crippen LogP contribution in [0.2, 0.25) is 0 Å². The van der Waals surface area contributed by atoms with Gasteiger partial charge in [-0.25, -0.2) is 0 Å². The Morgan fingerprint density at radius 1 is 1.75 bits per heavy atom. The summed E-state index contributed by atoms with van der Waals surface area (Å²) in [6.07, 6.45) is -0.0625. The first-order chi connectivity index (χ1) is 5.59. The summed E-state index contributed by atoms with van der Waals surface area (Å²) in [6.45, 7) is 0. The number of nitrogens with two attached hydrogens (primary N) is 1. The number of halogens is 1. The average Bonchev–Trinajstić information content (AvgIpc) is 2.34. The van der Waals surface area contributed by atoms with Gasteiger partial charge in [-0.3, -0.25) is 4.79 Å². The number of carboxylic acid groups (broad SMARTS) is 1. The summed E-state index contributed by atoms with van der Waals surface area (Å²) in [5.41, 5.74) is 6.30. The second-order valence-electron chi connectivity index (χ2n) is 2.47. The van der Waals surface area contributed by atoms with Crippen LogP contribution in [0.1, 0.15) is 18.2 Å². The van der Waals surface area contributed by atoms with E-state index in [2.05, 4.69) is 20.9 Å². The van der Waals surface area contributed by atoms with Crippen LogP contribution < -0.4 is 5.73 Å². The lowest BCUT2D eigenvalue weighted by molar-refractivity contribution is -0.137. The first kappa shape index (κ1) is 9.28. The molecule has 0 radical (unpaired) electrons. The molecule has 0 aliphatic rings. The first-order valence-corrected chi connectivity index (χ1v) is 4.20. The van der Waals surface area contributed by atoms with E-state index in [1.165, 1.54) is 0 Å². The van der Waals surface area contributed by atoms with Gasteiger partial charge in [0.05, 0.1) is 17.1 Å². The first-order valence-electron chi connectivity index (χ1n) is 3.41. The summed E-state index contributed by atoms with van der Waals surface area (Å²) in [5, 5.41) is 8.45. The fraction of sp³-hybridized carbons (Fsp3) is 0.286. The third kappa shape index (κ3) is 2.35. The average molecular weight is 233 g/mol. The smallest absolute Gasteiger partial charge is 0.305 e. The van der Waals surface area contributed by atoms with Crippen molar-refractivity contribution in [2.45, 2.75) is 12.5 Å². The molecule has 4 N–H and O–H groups in total. The number of aromatic nitrogens is 1. The molecule has 0 amide bonds. The summed E-state index contributed by atoms with van der Waals surface area (Å²) >= 11 is 3.21. The predicted octanol–water partition coefficient (Wildman–Crippen LogP) is 1.25. The SMILES string of the molecule is N[C@H](CC(=O)O)c1ccc(Br)[nH]1. The van der Waals surface area contributed by atoms with Crippen LogP contribution in [0.5, 0.6) is 0 Å². The number of aromatic amines is 1.